The van der Waals surface area contributed by atoms with E-state index in [0.29, 0.717) is 5.56 Å². The van der Waals surface area contributed by atoms with Crippen molar-refractivity contribution in [1.29, 1.82) is 5.26 Å². The van der Waals surface area contributed by atoms with Crippen LogP contribution in [0.15, 0.2) is 24.3 Å². The summed E-state index contributed by atoms with van der Waals surface area (Å²) in [4.78, 5) is 32.4. The van der Waals surface area contributed by atoms with Crippen molar-refractivity contribution in [2.75, 3.05) is 6.54 Å². The van der Waals surface area contributed by atoms with Crippen LogP contribution in [0.1, 0.15) is 5.56 Å². The molecule has 1 aromatic rings. The topological polar surface area (TPSA) is 125 Å². The number of hydrogen-bond acceptors (Lipinski definition) is 5. The van der Waals surface area contributed by atoms with Crippen molar-refractivity contribution in [3.8, 4) is 6.07 Å². The normalized spacial score (nSPS) is 9.21. The Labute approximate surface area is 108 Å². The van der Waals surface area contributed by atoms with Crippen molar-refractivity contribution >= 4 is 17.5 Å². The van der Waals surface area contributed by atoms with Gasteiger partial charge in [0.05, 0.1) is 11.0 Å². The van der Waals surface area contributed by atoms with Crippen LogP contribution >= 0.6 is 0 Å². The minimum atomic E-state index is -0.924. The largest absolute Gasteiger partial charge is 0.344 e. The number of nitro groups is 1. The summed E-state index contributed by atoms with van der Waals surface area (Å²) in [5.74, 6) is -1.83. The van der Waals surface area contributed by atoms with Gasteiger partial charge in [0, 0.05) is 18.7 Å². The Hall–Kier alpha value is -2.95. The number of non-ortho nitro benzene ring substituents is 1. The van der Waals surface area contributed by atoms with Crippen LogP contribution in [0.3, 0.4) is 0 Å². The van der Waals surface area contributed by atoms with E-state index in [-0.39, 0.29) is 18.8 Å². The molecule has 0 fully saturated rings. The first-order valence-electron chi connectivity index (χ1n) is 5.21. The summed E-state index contributed by atoms with van der Waals surface area (Å²) in [6, 6.07) is 7.35. The summed E-state index contributed by atoms with van der Waals surface area (Å²) < 4.78 is 0. The van der Waals surface area contributed by atoms with Gasteiger partial charge in [-0.3, -0.25) is 19.7 Å². The molecule has 0 bridgehead atoms. The van der Waals surface area contributed by atoms with E-state index in [0.717, 1.165) is 0 Å². The van der Waals surface area contributed by atoms with E-state index in [4.69, 9.17) is 5.26 Å². The van der Waals surface area contributed by atoms with Gasteiger partial charge in [-0.2, -0.15) is 5.26 Å². The van der Waals surface area contributed by atoms with Crippen molar-refractivity contribution in [1.82, 2.24) is 10.6 Å². The molecule has 0 radical (unpaired) electrons. The quantitative estimate of drug-likeness (QED) is 0.338. The molecule has 0 saturated heterocycles. The monoisotopic (exact) mass is 262 g/mol. The lowest BCUT2D eigenvalue weighted by molar-refractivity contribution is -0.384. The molecule has 0 aliphatic rings. The Kier molecular flexibility index (Phi) is 4.98. The highest BCUT2D eigenvalue weighted by atomic mass is 16.6. The number of nitriles is 1. The standard InChI is InChI=1S/C11H10N4O4/c12-4-5-13-10(16)11(17)14-7-8-2-1-3-9(6-8)15(18)19/h1-3,6H,5,7H2,(H,13,16)(H,14,17). The van der Waals surface area contributed by atoms with Crippen molar-refractivity contribution in [3.63, 3.8) is 0 Å². The van der Waals surface area contributed by atoms with E-state index in [1.165, 1.54) is 18.2 Å². The van der Waals surface area contributed by atoms with E-state index in [1.54, 1.807) is 12.1 Å². The molecule has 0 aromatic heterocycles. The number of amides is 2. The first-order valence-corrected chi connectivity index (χ1v) is 5.21. The summed E-state index contributed by atoms with van der Waals surface area (Å²) in [7, 11) is 0. The Morgan fingerprint density at radius 1 is 1.32 bits per heavy atom. The third-order valence-electron chi connectivity index (χ3n) is 2.11. The molecule has 98 valence electrons. The number of nitro benzene ring substituents is 1. The van der Waals surface area contributed by atoms with Crippen LogP contribution in [0.25, 0.3) is 0 Å². The second-order valence-corrected chi connectivity index (χ2v) is 3.45. The minimum Gasteiger partial charge on any atom is -0.344 e. The maximum absolute atomic E-state index is 11.3. The van der Waals surface area contributed by atoms with Crippen LogP contribution in [0.5, 0.6) is 0 Å². The highest BCUT2D eigenvalue weighted by Crippen LogP contribution is 2.12. The number of benzene rings is 1. The fraction of sp³-hybridized carbons (Fsp3) is 0.182. The fourth-order valence-corrected chi connectivity index (χ4v) is 1.24. The Bertz CT molecular complexity index is 550. The molecule has 2 amide bonds. The predicted octanol–water partition coefficient (Wildman–Crippen LogP) is -0.149. The first-order chi connectivity index (χ1) is 9.04. The van der Waals surface area contributed by atoms with Crippen molar-refractivity contribution < 1.29 is 14.5 Å². The molecule has 1 rings (SSSR count). The molecule has 1 aromatic carbocycles. The van der Waals surface area contributed by atoms with Gasteiger partial charge in [-0.15, -0.1) is 0 Å². The number of hydrogen-bond donors (Lipinski definition) is 2. The zero-order valence-corrected chi connectivity index (χ0v) is 9.75. The molecule has 0 atom stereocenters. The molecule has 0 unspecified atom stereocenters. The van der Waals surface area contributed by atoms with Gasteiger partial charge in [-0.1, -0.05) is 12.1 Å². The second kappa shape index (κ2) is 6.70. The van der Waals surface area contributed by atoms with Crippen LogP contribution in [-0.2, 0) is 16.1 Å². The van der Waals surface area contributed by atoms with Gasteiger partial charge in [-0.05, 0) is 5.56 Å². The Morgan fingerprint density at radius 2 is 2.00 bits per heavy atom. The number of nitrogens with zero attached hydrogens (tertiary/aromatic N) is 2. The van der Waals surface area contributed by atoms with E-state index in [1.807, 2.05) is 0 Å². The SMILES string of the molecule is N#CCNC(=O)C(=O)NCc1cccc([N+](=O)[O-])c1. The van der Waals surface area contributed by atoms with Crippen molar-refractivity contribution in [3.05, 3.63) is 39.9 Å². The van der Waals surface area contributed by atoms with E-state index in [9.17, 15) is 19.7 Å². The number of nitrogens with one attached hydrogen (secondary N) is 2. The van der Waals surface area contributed by atoms with Crippen molar-refractivity contribution in [2.45, 2.75) is 6.54 Å². The maximum atomic E-state index is 11.3. The van der Waals surface area contributed by atoms with Gasteiger partial charge < -0.3 is 10.6 Å². The third kappa shape index (κ3) is 4.43. The van der Waals surface area contributed by atoms with Gasteiger partial charge in [0.1, 0.15) is 6.54 Å². The molecule has 8 heteroatoms. The number of carbonyl (C=O) groups excluding carboxylic acids is 2. The summed E-state index contributed by atoms with van der Waals surface area (Å²) in [6.07, 6.45) is 0. The average molecular weight is 262 g/mol. The van der Waals surface area contributed by atoms with E-state index in [2.05, 4.69) is 10.6 Å². The molecule has 19 heavy (non-hydrogen) atoms. The number of carbonyl (C=O) groups is 2. The molecular formula is C11H10N4O4. The summed E-state index contributed by atoms with van der Waals surface area (Å²) in [5.41, 5.74) is 0.399. The van der Waals surface area contributed by atoms with Crippen LogP contribution < -0.4 is 10.6 Å². The highest BCUT2D eigenvalue weighted by molar-refractivity contribution is 6.35. The van der Waals surface area contributed by atoms with Crippen molar-refractivity contribution in [2.24, 2.45) is 0 Å². The summed E-state index contributed by atoms with van der Waals surface area (Å²) in [6.45, 7) is -0.274. The van der Waals surface area contributed by atoms with E-state index >= 15 is 0 Å². The average Bonchev–Trinajstić information content (AvgIpc) is 2.42. The van der Waals surface area contributed by atoms with Crippen LogP contribution in [0.2, 0.25) is 0 Å². The van der Waals surface area contributed by atoms with Crippen LogP contribution in [0.4, 0.5) is 5.69 Å². The van der Waals surface area contributed by atoms with Gasteiger partial charge in [-0.25, -0.2) is 0 Å². The lowest BCUT2D eigenvalue weighted by atomic mass is 10.2. The minimum absolute atomic E-state index is 0.0134. The lowest BCUT2D eigenvalue weighted by Crippen LogP contribution is -2.39. The zero-order chi connectivity index (χ0) is 14.3. The molecule has 0 aliphatic heterocycles. The zero-order valence-electron chi connectivity index (χ0n) is 9.75. The second-order valence-electron chi connectivity index (χ2n) is 3.45. The van der Waals surface area contributed by atoms with Gasteiger partial charge in [0.15, 0.2) is 0 Å². The van der Waals surface area contributed by atoms with Crippen LogP contribution in [0, 0.1) is 21.4 Å². The highest BCUT2D eigenvalue weighted by Gasteiger charge is 2.12. The predicted molar refractivity (Wildman–Crippen MR) is 63.6 cm³/mol. The molecule has 0 spiro atoms. The smallest absolute Gasteiger partial charge is 0.310 e. The van der Waals surface area contributed by atoms with Gasteiger partial charge in [0.2, 0.25) is 0 Å². The first kappa shape index (κ1) is 14.1. The molecule has 0 saturated carbocycles. The van der Waals surface area contributed by atoms with Gasteiger partial charge in [0.25, 0.3) is 5.69 Å². The Balaban J connectivity index is 2.55. The lowest BCUT2D eigenvalue weighted by Gasteiger charge is -2.04. The summed E-state index contributed by atoms with van der Waals surface area (Å²) in [5, 5.41) is 23.1. The van der Waals surface area contributed by atoms with E-state index < -0.39 is 16.7 Å². The maximum Gasteiger partial charge on any atom is 0.310 e. The molecule has 8 nitrogen and oxygen atoms in total. The fourth-order valence-electron chi connectivity index (χ4n) is 1.24. The molecular weight excluding hydrogens is 252 g/mol. The molecule has 0 aliphatic carbocycles. The molecule has 2 N–H and O–H groups in total. The summed E-state index contributed by atoms with van der Waals surface area (Å²) >= 11 is 0. The van der Waals surface area contributed by atoms with Crippen LogP contribution in [-0.4, -0.2) is 23.3 Å². The van der Waals surface area contributed by atoms with Gasteiger partial charge >= 0.3 is 11.8 Å². The third-order valence-corrected chi connectivity index (χ3v) is 2.11. The Morgan fingerprint density at radius 3 is 2.63 bits per heavy atom. The molecule has 0 heterocycles. The number of rotatable bonds is 4.